The number of oxazole rings is 1. The number of aromatic amines is 1. The van der Waals surface area contributed by atoms with Crippen LogP contribution >= 0.6 is 0 Å². The lowest BCUT2D eigenvalue weighted by molar-refractivity contribution is -0.122. The Morgan fingerprint density at radius 3 is 2.67 bits per heavy atom. The van der Waals surface area contributed by atoms with Gasteiger partial charge in [0.15, 0.2) is 5.58 Å². The van der Waals surface area contributed by atoms with Crippen LogP contribution in [0, 0.1) is 5.82 Å². The Morgan fingerprint density at radius 1 is 1.27 bits per heavy atom. The first kappa shape index (κ1) is 20.3. The second-order valence-electron chi connectivity index (χ2n) is 7.95. The molecule has 2 aromatic carbocycles. The summed E-state index contributed by atoms with van der Waals surface area (Å²) in [4.78, 5) is 28.5. The topological polar surface area (TPSA) is 98.6 Å². The fourth-order valence-corrected chi connectivity index (χ4v) is 3.92. The molecule has 1 aliphatic rings. The van der Waals surface area contributed by atoms with Gasteiger partial charge < -0.3 is 14.8 Å². The molecular formula is C22H24FN3O4. The van der Waals surface area contributed by atoms with Gasteiger partial charge in [-0.2, -0.15) is 0 Å². The predicted molar refractivity (Wildman–Crippen MR) is 111 cm³/mol. The van der Waals surface area contributed by atoms with Crippen LogP contribution in [-0.4, -0.2) is 45.6 Å². The molecule has 30 heavy (non-hydrogen) atoms. The molecule has 0 bridgehead atoms. The Balaban J connectivity index is 1.34. The lowest BCUT2D eigenvalue weighted by atomic mass is 9.85. The van der Waals surface area contributed by atoms with E-state index in [0.29, 0.717) is 49.1 Å². The van der Waals surface area contributed by atoms with Gasteiger partial charge in [-0.3, -0.25) is 14.7 Å². The summed E-state index contributed by atoms with van der Waals surface area (Å²) in [6.07, 6.45) is 1.52. The van der Waals surface area contributed by atoms with Crippen LogP contribution in [-0.2, 0) is 11.2 Å². The smallest absolute Gasteiger partial charge is 0.408 e. The first-order valence-corrected chi connectivity index (χ1v) is 9.96. The van der Waals surface area contributed by atoms with E-state index in [2.05, 4.69) is 10.3 Å². The summed E-state index contributed by atoms with van der Waals surface area (Å²) in [5.41, 5.74) is 1.54. The molecule has 1 aliphatic heterocycles. The molecule has 1 unspecified atom stereocenters. The van der Waals surface area contributed by atoms with Gasteiger partial charge in [-0.25, -0.2) is 9.18 Å². The highest BCUT2D eigenvalue weighted by atomic mass is 19.1. The molecule has 1 amide bonds. The number of carbonyl (C=O) groups is 1. The number of H-pyrrole nitrogens is 1. The molecule has 0 aliphatic carbocycles. The van der Waals surface area contributed by atoms with Gasteiger partial charge in [0.25, 0.3) is 0 Å². The Bertz CT molecular complexity index is 1100. The van der Waals surface area contributed by atoms with Crippen LogP contribution in [0.5, 0.6) is 0 Å². The van der Waals surface area contributed by atoms with Crippen molar-refractivity contribution in [3.8, 4) is 0 Å². The van der Waals surface area contributed by atoms with Crippen molar-refractivity contribution >= 4 is 22.7 Å². The molecule has 0 radical (unpaired) electrons. The van der Waals surface area contributed by atoms with E-state index < -0.39 is 11.4 Å². The third-order valence-corrected chi connectivity index (χ3v) is 5.79. The largest absolute Gasteiger partial charge is 0.417 e. The molecule has 1 saturated heterocycles. The highest BCUT2D eigenvalue weighted by molar-refractivity contribution is 5.96. The van der Waals surface area contributed by atoms with Crippen LogP contribution < -0.4 is 11.1 Å². The normalized spacial score (nSPS) is 17.7. The van der Waals surface area contributed by atoms with E-state index in [-0.39, 0.29) is 17.8 Å². The minimum absolute atomic E-state index is 0.170. The number of fused-ring (bicyclic) bond motifs is 1. The first-order chi connectivity index (χ1) is 14.3. The van der Waals surface area contributed by atoms with Crippen molar-refractivity contribution < 1.29 is 18.7 Å². The maximum atomic E-state index is 13.1. The number of piperidine rings is 1. The lowest BCUT2D eigenvalue weighted by Gasteiger charge is -2.40. The van der Waals surface area contributed by atoms with Gasteiger partial charge in [0.05, 0.1) is 17.2 Å². The van der Waals surface area contributed by atoms with Crippen molar-refractivity contribution in [3.05, 3.63) is 64.4 Å². The number of likely N-dealkylation sites (tertiary alicyclic amines) is 1. The van der Waals surface area contributed by atoms with Gasteiger partial charge >= 0.3 is 5.76 Å². The van der Waals surface area contributed by atoms with E-state index in [1.807, 2.05) is 11.8 Å². The van der Waals surface area contributed by atoms with Crippen LogP contribution in [0.15, 0.2) is 51.7 Å². The summed E-state index contributed by atoms with van der Waals surface area (Å²) in [5, 5.41) is 13.8. The quantitative estimate of drug-likeness (QED) is 0.597. The number of aliphatic hydroxyl groups is 1. The monoisotopic (exact) mass is 413 g/mol. The summed E-state index contributed by atoms with van der Waals surface area (Å²) >= 11 is 0. The van der Waals surface area contributed by atoms with E-state index >= 15 is 0 Å². The van der Waals surface area contributed by atoms with Crippen molar-refractivity contribution in [3.63, 3.8) is 0 Å². The highest BCUT2D eigenvalue weighted by Gasteiger charge is 2.35. The number of aromatic nitrogens is 1. The Labute approximate surface area is 172 Å². The zero-order valence-corrected chi connectivity index (χ0v) is 16.7. The van der Waals surface area contributed by atoms with Gasteiger partial charge in [0.2, 0.25) is 5.91 Å². The summed E-state index contributed by atoms with van der Waals surface area (Å²) < 4.78 is 18.1. The van der Waals surface area contributed by atoms with E-state index in [1.54, 1.807) is 30.3 Å². The number of amides is 1. The average Bonchev–Trinajstić information content (AvgIpc) is 3.09. The van der Waals surface area contributed by atoms with Crippen molar-refractivity contribution in [2.45, 2.75) is 37.8 Å². The van der Waals surface area contributed by atoms with Crippen molar-refractivity contribution in [1.29, 1.82) is 0 Å². The first-order valence-electron chi connectivity index (χ1n) is 9.96. The van der Waals surface area contributed by atoms with Crippen LogP contribution in [0.25, 0.3) is 11.1 Å². The van der Waals surface area contributed by atoms with Crippen molar-refractivity contribution in [2.24, 2.45) is 0 Å². The number of benzene rings is 2. The summed E-state index contributed by atoms with van der Waals surface area (Å²) in [6.45, 7) is 2.99. The molecule has 4 rings (SSSR count). The van der Waals surface area contributed by atoms with Gasteiger partial charge in [-0.05, 0) is 49.6 Å². The highest BCUT2D eigenvalue weighted by Crippen LogP contribution is 2.28. The van der Waals surface area contributed by atoms with E-state index in [0.717, 1.165) is 5.56 Å². The van der Waals surface area contributed by atoms with E-state index in [4.69, 9.17) is 4.42 Å². The fourth-order valence-electron chi connectivity index (χ4n) is 3.92. The molecule has 1 fully saturated rings. The second-order valence-corrected chi connectivity index (χ2v) is 7.95. The number of carbonyl (C=O) groups excluding carboxylic acids is 1. The fraction of sp³-hybridized carbons (Fsp3) is 0.364. The zero-order chi connectivity index (χ0) is 21.3. The molecule has 3 aromatic rings. The number of rotatable bonds is 5. The Kier molecular flexibility index (Phi) is 5.44. The van der Waals surface area contributed by atoms with Crippen LogP contribution in [0.4, 0.5) is 10.1 Å². The van der Waals surface area contributed by atoms with E-state index in [9.17, 15) is 19.1 Å². The molecule has 1 aromatic heterocycles. The molecule has 2 heterocycles. The molecule has 3 N–H and O–H groups in total. The zero-order valence-electron chi connectivity index (χ0n) is 16.7. The van der Waals surface area contributed by atoms with E-state index in [1.165, 1.54) is 12.1 Å². The molecular weight excluding hydrogens is 389 g/mol. The van der Waals surface area contributed by atoms with Gasteiger partial charge in [0.1, 0.15) is 5.82 Å². The third kappa shape index (κ3) is 4.44. The van der Waals surface area contributed by atoms with Crippen LogP contribution in [0.1, 0.15) is 25.3 Å². The lowest BCUT2D eigenvalue weighted by Crippen LogP contribution is -2.51. The number of anilines is 1. The minimum atomic E-state index is -0.860. The number of halogens is 1. The molecule has 0 spiro atoms. The number of hydrogen-bond acceptors (Lipinski definition) is 5. The molecule has 8 heteroatoms. The SMILES string of the molecule is CC(C(=O)Nc1ccc2[nH]c(=O)oc2c1)N1CCC(O)(Cc2ccc(F)cc2)CC1. The van der Waals surface area contributed by atoms with Gasteiger partial charge in [-0.15, -0.1) is 0 Å². The van der Waals surface area contributed by atoms with Crippen LogP contribution in [0.2, 0.25) is 0 Å². The molecule has 1 atom stereocenters. The third-order valence-electron chi connectivity index (χ3n) is 5.79. The van der Waals surface area contributed by atoms with Crippen molar-refractivity contribution in [2.75, 3.05) is 18.4 Å². The number of nitrogens with zero attached hydrogens (tertiary/aromatic N) is 1. The number of nitrogens with one attached hydrogen (secondary N) is 2. The summed E-state index contributed by atoms with van der Waals surface area (Å²) in [6, 6.07) is 10.8. The maximum Gasteiger partial charge on any atom is 0.417 e. The van der Waals surface area contributed by atoms with Crippen LogP contribution in [0.3, 0.4) is 0 Å². The predicted octanol–water partition coefficient (Wildman–Crippen LogP) is 2.66. The van der Waals surface area contributed by atoms with Crippen molar-refractivity contribution in [1.82, 2.24) is 9.88 Å². The Hall–Kier alpha value is -2.97. The molecule has 158 valence electrons. The molecule has 0 saturated carbocycles. The standard InChI is InChI=1S/C22H24FN3O4/c1-14(20(27)24-17-6-7-18-19(12-17)30-21(28)25-18)26-10-8-22(29,9-11-26)13-15-2-4-16(23)5-3-15/h2-7,12,14,29H,8-11,13H2,1H3,(H,24,27)(H,25,28). The second kappa shape index (κ2) is 8.04. The Morgan fingerprint density at radius 2 is 1.97 bits per heavy atom. The molecule has 7 nitrogen and oxygen atoms in total. The van der Waals surface area contributed by atoms with Gasteiger partial charge in [-0.1, -0.05) is 12.1 Å². The summed E-state index contributed by atoms with van der Waals surface area (Å²) in [7, 11) is 0. The minimum Gasteiger partial charge on any atom is -0.408 e. The summed E-state index contributed by atoms with van der Waals surface area (Å²) in [5.74, 6) is -1.00. The van der Waals surface area contributed by atoms with Gasteiger partial charge in [0, 0.05) is 31.3 Å². The maximum absolute atomic E-state index is 13.1. The number of hydrogen-bond donors (Lipinski definition) is 3. The average molecular weight is 413 g/mol.